The van der Waals surface area contributed by atoms with Crippen LogP contribution in [-0.2, 0) is 4.79 Å². The summed E-state index contributed by atoms with van der Waals surface area (Å²) in [5.41, 5.74) is 0.950. The Kier molecular flexibility index (Phi) is 6.39. The van der Waals surface area contributed by atoms with Gasteiger partial charge in [-0.1, -0.05) is 13.0 Å². The zero-order chi connectivity index (χ0) is 15.0. The molecule has 0 saturated carbocycles. The number of aromatic nitrogens is 1. The molecule has 1 aromatic heterocycles. The summed E-state index contributed by atoms with van der Waals surface area (Å²) in [5.74, 6) is -1.25. The molecule has 0 unspecified atom stereocenters. The van der Waals surface area contributed by atoms with Gasteiger partial charge < -0.3 is 15.3 Å². The van der Waals surface area contributed by atoms with Crippen LogP contribution in [0.1, 0.15) is 23.0 Å². The first-order chi connectivity index (χ1) is 9.52. The molecule has 6 heteroatoms. The van der Waals surface area contributed by atoms with E-state index in [0.29, 0.717) is 17.8 Å². The van der Waals surface area contributed by atoms with Gasteiger partial charge in [0.25, 0.3) is 5.91 Å². The minimum atomic E-state index is -1.02. The third-order valence-corrected chi connectivity index (χ3v) is 2.76. The largest absolute Gasteiger partial charge is 0.478 e. The number of rotatable bonds is 7. The monoisotopic (exact) mass is 277 g/mol. The second-order valence-corrected chi connectivity index (χ2v) is 4.30. The van der Waals surface area contributed by atoms with Crippen LogP contribution in [0.3, 0.4) is 0 Å². The SMILES string of the molecule is CCN(C)CCNC(=O)c1ccc(C=CC(=O)O)cn1. The summed E-state index contributed by atoms with van der Waals surface area (Å²) < 4.78 is 0. The van der Waals surface area contributed by atoms with E-state index < -0.39 is 5.97 Å². The van der Waals surface area contributed by atoms with E-state index in [4.69, 9.17) is 5.11 Å². The van der Waals surface area contributed by atoms with Crippen LogP contribution in [0, 0.1) is 0 Å². The molecule has 1 amide bonds. The maximum atomic E-state index is 11.8. The van der Waals surface area contributed by atoms with Gasteiger partial charge in [-0.05, 0) is 31.3 Å². The van der Waals surface area contributed by atoms with Crippen LogP contribution < -0.4 is 5.32 Å². The predicted octanol–water partition coefficient (Wildman–Crippen LogP) is 0.861. The molecule has 108 valence electrons. The number of hydrogen-bond donors (Lipinski definition) is 2. The Hall–Kier alpha value is -2.21. The molecule has 2 N–H and O–H groups in total. The Balaban J connectivity index is 2.51. The second-order valence-electron chi connectivity index (χ2n) is 4.30. The third-order valence-electron chi connectivity index (χ3n) is 2.76. The fourth-order valence-electron chi connectivity index (χ4n) is 1.41. The molecule has 0 atom stereocenters. The van der Waals surface area contributed by atoms with Crippen molar-refractivity contribution in [3.8, 4) is 0 Å². The second kappa shape index (κ2) is 8.06. The van der Waals surface area contributed by atoms with Crippen LogP contribution in [0.15, 0.2) is 24.4 Å². The van der Waals surface area contributed by atoms with E-state index >= 15 is 0 Å². The molecule has 1 rings (SSSR count). The smallest absolute Gasteiger partial charge is 0.328 e. The molecule has 0 bridgehead atoms. The molecule has 0 fully saturated rings. The highest BCUT2D eigenvalue weighted by atomic mass is 16.4. The lowest BCUT2D eigenvalue weighted by Gasteiger charge is -2.13. The fourth-order valence-corrected chi connectivity index (χ4v) is 1.41. The first-order valence-corrected chi connectivity index (χ1v) is 6.36. The zero-order valence-electron chi connectivity index (χ0n) is 11.7. The van der Waals surface area contributed by atoms with Gasteiger partial charge in [-0.2, -0.15) is 0 Å². The molecule has 0 aliphatic heterocycles. The highest BCUT2D eigenvalue weighted by Gasteiger charge is 2.06. The predicted molar refractivity (Wildman–Crippen MR) is 76.4 cm³/mol. The maximum absolute atomic E-state index is 11.8. The Bertz CT molecular complexity index is 483. The molecule has 0 saturated heterocycles. The van der Waals surface area contributed by atoms with E-state index in [1.165, 1.54) is 12.3 Å². The Morgan fingerprint density at radius 2 is 2.20 bits per heavy atom. The van der Waals surface area contributed by atoms with Crippen molar-refractivity contribution in [3.05, 3.63) is 35.7 Å². The van der Waals surface area contributed by atoms with Crippen LogP contribution in [0.4, 0.5) is 0 Å². The minimum Gasteiger partial charge on any atom is -0.478 e. The number of nitrogens with one attached hydrogen (secondary N) is 1. The lowest BCUT2D eigenvalue weighted by molar-refractivity contribution is -0.131. The third kappa shape index (κ3) is 5.62. The van der Waals surface area contributed by atoms with Gasteiger partial charge in [0.1, 0.15) is 5.69 Å². The van der Waals surface area contributed by atoms with Gasteiger partial charge in [0.15, 0.2) is 0 Å². The molecule has 1 heterocycles. The molecular formula is C14H19N3O3. The average Bonchev–Trinajstić information content (AvgIpc) is 2.45. The standard InChI is InChI=1S/C14H19N3O3/c1-3-17(2)9-8-15-14(20)12-6-4-11(10-16-12)5-7-13(18)19/h4-7,10H,3,8-9H2,1-2H3,(H,15,20)(H,18,19). The summed E-state index contributed by atoms with van der Waals surface area (Å²) in [7, 11) is 1.98. The average molecular weight is 277 g/mol. The molecular weight excluding hydrogens is 258 g/mol. The number of aliphatic carboxylic acids is 1. The van der Waals surface area contributed by atoms with E-state index in [9.17, 15) is 9.59 Å². The maximum Gasteiger partial charge on any atom is 0.328 e. The Labute approximate surface area is 118 Å². The summed E-state index contributed by atoms with van der Waals surface area (Å²) in [6.07, 6.45) is 3.91. The summed E-state index contributed by atoms with van der Waals surface area (Å²) in [6.45, 7) is 4.32. The number of carbonyl (C=O) groups is 2. The molecule has 0 aliphatic rings. The molecule has 1 aromatic rings. The van der Waals surface area contributed by atoms with Crippen molar-refractivity contribution in [2.24, 2.45) is 0 Å². The lowest BCUT2D eigenvalue weighted by atomic mass is 10.2. The number of carboxylic acids is 1. The van der Waals surface area contributed by atoms with Crippen molar-refractivity contribution < 1.29 is 14.7 Å². The van der Waals surface area contributed by atoms with Crippen LogP contribution in [-0.4, -0.2) is 53.5 Å². The summed E-state index contributed by atoms with van der Waals surface area (Å²) in [4.78, 5) is 28.3. The van der Waals surface area contributed by atoms with Gasteiger partial charge in [0.2, 0.25) is 0 Å². The zero-order valence-corrected chi connectivity index (χ0v) is 11.7. The molecule has 0 aliphatic carbocycles. The molecule has 0 aromatic carbocycles. The van der Waals surface area contributed by atoms with E-state index in [1.807, 2.05) is 14.0 Å². The quantitative estimate of drug-likeness (QED) is 0.722. The minimum absolute atomic E-state index is 0.233. The Morgan fingerprint density at radius 3 is 2.75 bits per heavy atom. The summed E-state index contributed by atoms with van der Waals surface area (Å²) in [5, 5.41) is 11.3. The molecule has 0 radical (unpaired) electrons. The first-order valence-electron chi connectivity index (χ1n) is 6.36. The highest BCUT2D eigenvalue weighted by Crippen LogP contribution is 2.02. The van der Waals surface area contributed by atoms with Gasteiger partial charge in [-0.15, -0.1) is 0 Å². The number of likely N-dealkylation sites (N-methyl/N-ethyl adjacent to an activating group) is 1. The van der Waals surface area contributed by atoms with Crippen LogP contribution in [0.5, 0.6) is 0 Å². The summed E-state index contributed by atoms with van der Waals surface area (Å²) in [6, 6.07) is 3.22. The number of carbonyl (C=O) groups excluding carboxylic acids is 1. The van der Waals surface area contributed by atoms with Gasteiger partial charge in [-0.25, -0.2) is 4.79 Å². The van der Waals surface area contributed by atoms with Gasteiger partial charge in [0.05, 0.1) is 0 Å². The van der Waals surface area contributed by atoms with Crippen molar-refractivity contribution in [2.45, 2.75) is 6.92 Å². The fraction of sp³-hybridized carbons (Fsp3) is 0.357. The van der Waals surface area contributed by atoms with Crippen molar-refractivity contribution in [2.75, 3.05) is 26.7 Å². The lowest BCUT2D eigenvalue weighted by Crippen LogP contribution is -2.33. The van der Waals surface area contributed by atoms with E-state index in [0.717, 1.165) is 19.2 Å². The topological polar surface area (TPSA) is 82.5 Å². The Morgan fingerprint density at radius 1 is 1.45 bits per heavy atom. The number of hydrogen-bond acceptors (Lipinski definition) is 4. The normalized spacial score (nSPS) is 10.9. The van der Waals surface area contributed by atoms with Crippen LogP contribution in [0.25, 0.3) is 6.08 Å². The van der Waals surface area contributed by atoms with Crippen LogP contribution >= 0.6 is 0 Å². The number of amides is 1. The molecule has 0 spiro atoms. The van der Waals surface area contributed by atoms with Gasteiger partial charge >= 0.3 is 5.97 Å². The molecule has 20 heavy (non-hydrogen) atoms. The van der Waals surface area contributed by atoms with Gasteiger partial charge in [0, 0.05) is 25.4 Å². The van der Waals surface area contributed by atoms with Gasteiger partial charge in [-0.3, -0.25) is 9.78 Å². The number of carboxylic acid groups (broad SMARTS) is 1. The van der Waals surface area contributed by atoms with E-state index in [-0.39, 0.29) is 5.91 Å². The number of pyridine rings is 1. The summed E-state index contributed by atoms with van der Waals surface area (Å²) >= 11 is 0. The van der Waals surface area contributed by atoms with E-state index in [2.05, 4.69) is 15.2 Å². The first kappa shape index (κ1) is 15.8. The van der Waals surface area contributed by atoms with Crippen LogP contribution in [0.2, 0.25) is 0 Å². The van der Waals surface area contributed by atoms with Crippen molar-refractivity contribution in [1.29, 1.82) is 0 Å². The molecule has 6 nitrogen and oxygen atoms in total. The van der Waals surface area contributed by atoms with Crippen molar-refractivity contribution in [3.63, 3.8) is 0 Å². The van der Waals surface area contributed by atoms with Crippen molar-refractivity contribution >= 4 is 18.0 Å². The number of nitrogens with zero attached hydrogens (tertiary/aromatic N) is 2. The van der Waals surface area contributed by atoms with Crippen molar-refractivity contribution in [1.82, 2.24) is 15.2 Å². The van der Waals surface area contributed by atoms with E-state index in [1.54, 1.807) is 12.1 Å². The highest BCUT2D eigenvalue weighted by molar-refractivity contribution is 5.92.